The molecule has 0 radical (unpaired) electrons. The van der Waals surface area contributed by atoms with E-state index in [9.17, 15) is 4.79 Å². The van der Waals surface area contributed by atoms with E-state index in [0.29, 0.717) is 5.56 Å². The minimum Gasteiger partial charge on any atom is -0.350 e. The maximum atomic E-state index is 12.1. The van der Waals surface area contributed by atoms with Gasteiger partial charge < -0.3 is 9.88 Å². The summed E-state index contributed by atoms with van der Waals surface area (Å²) in [6.45, 7) is 0. The largest absolute Gasteiger partial charge is 0.350 e. The van der Waals surface area contributed by atoms with Gasteiger partial charge in [0.15, 0.2) is 0 Å². The molecule has 1 N–H and O–H groups in total. The van der Waals surface area contributed by atoms with Crippen molar-refractivity contribution in [3.05, 3.63) is 60.6 Å². The highest BCUT2D eigenvalue weighted by atomic mass is 16.1. The number of pyridine rings is 1. The SMILES string of the molecule is Cn1ccc2c(NC(=O)c3cccnc3)cccc21. The van der Waals surface area contributed by atoms with Crippen molar-refractivity contribution < 1.29 is 4.79 Å². The molecule has 4 nitrogen and oxygen atoms in total. The molecular weight excluding hydrogens is 238 g/mol. The van der Waals surface area contributed by atoms with Gasteiger partial charge in [0.05, 0.1) is 11.3 Å². The van der Waals surface area contributed by atoms with Crippen molar-refractivity contribution >= 4 is 22.5 Å². The van der Waals surface area contributed by atoms with Crippen LogP contribution in [0.2, 0.25) is 0 Å². The van der Waals surface area contributed by atoms with Gasteiger partial charge in [-0.25, -0.2) is 0 Å². The maximum Gasteiger partial charge on any atom is 0.257 e. The number of hydrogen-bond donors (Lipinski definition) is 1. The van der Waals surface area contributed by atoms with E-state index in [1.807, 2.05) is 42.1 Å². The Morgan fingerprint density at radius 3 is 2.89 bits per heavy atom. The lowest BCUT2D eigenvalue weighted by atomic mass is 10.2. The average Bonchev–Trinajstić information content (AvgIpc) is 2.83. The second kappa shape index (κ2) is 4.57. The molecule has 0 aliphatic rings. The number of nitrogens with one attached hydrogen (secondary N) is 1. The minimum atomic E-state index is -0.149. The summed E-state index contributed by atoms with van der Waals surface area (Å²) in [5.41, 5.74) is 2.45. The number of aromatic nitrogens is 2. The number of aryl methyl sites for hydroxylation is 1. The Kier molecular flexibility index (Phi) is 2.76. The van der Waals surface area contributed by atoms with Crippen LogP contribution in [0.15, 0.2) is 55.0 Å². The lowest BCUT2D eigenvalue weighted by Crippen LogP contribution is -2.12. The van der Waals surface area contributed by atoms with E-state index in [1.54, 1.807) is 24.5 Å². The van der Waals surface area contributed by atoms with Crippen molar-refractivity contribution in [1.82, 2.24) is 9.55 Å². The zero-order valence-corrected chi connectivity index (χ0v) is 10.5. The molecule has 0 saturated heterocycles. The van der Waals surface area contributed by atoms with Crippen LogP contribution in [0.5, 0.6) is 0 Å². The number of anilines is 1. The second-order valence-electron chi connectivity index (χ2n) is 4.36. The highest BCUT2D eigenvalue weighted by Gasteiger charge is 2.09. The van der Waals surface area contributed by atoms with Crippen molar-refractivity contribution in [2.24, 2.45) is 7.05 Å². The predicted octanol–water partition coefficient (Wildman–Crippen LogP) is 2.83. The quantitative estimate of drug-likeness (QED) is 0.761. The first kappa shape index (κ1) is 11.5. The van der Waals surface area contributed by atoms with Crippen LogP contribution in [0, 0.1) is 0 Å². The molecule has 2 heterocycles. The van der Waals surface area contributed by atoms with E-state index in [2.05, 4.69) is 10.3 Å². The first-order chi connectivity index (χ1) is 9.25. The molecule has 94 valence electrons. The number of amides is 1. The number of hydrogen-bond acceptors (Lipinski definition) is 2. The fourth-order valence-electron chi connectivity index (χ4n) is 2.10. The normalized spacial score (nSPS) is 10.6. The highest BCUT2D eigenvalue weighted by molar-refractivity contribution is 6.08. The summed E-state index contributed by atoms with van der Waals surface area (Å²) >= 11 is 0. The third-order valence-electron chi connectivity index (χ3n) is 3.10. The van der Waals surface area contributed by atoms with Crippen LogP contribution in [0.4, 0.5) is 5.69 Å². The van der Waals surface area contributed by atoms with Crippen molar-refractivity contribution in [1.29, 1.82) is 0 Å². The fraction of sp³-hybridized carbons (Fsp3) is 0.0667. The van der Waals surface area contributed by atoms with Crippen LogP contribution < -0.4 is 5.32 Å². The van der Waals surface area contributed by atoms with Crippen molar-refractivity contribution in [3.8, 4) is 0 Å². The molecule has 0 aliphatic heterocycles. The molecule has 1 aromatic carbocycles. The Bertz CT molecular complexity index is 731. The van der Waals surface area contributed by atoms with Crippen LogP contribution >= 0.6 is 0 Å². The Morgan fingerprint density at radius 2 is 2.11 bits per heavy atom. The zero-order valence-electron chi connectivity index (χ0n) is 10.5. The number of rotatable bonds is 2. The first-order valence-corrected chi connectivity index (χ1v) is 6.01. The molecule has 0 bridgehead atoms. The van der Waals surface area contributed by atoms with Gasteiger partial charge in [-0.2, -0.15) is 0 Å². The van der Waals surface area contributed by atoms with Gasteiger partial charge in [0.2, 0.25) is 0 Å². The molecule has 0 fully saturated rings. The number of nitrogens with zero attached hydrogens (tertiary/aromatic N) is 2. The van der Waals surface area contributed by atoms with Gasteiger partial charge in [-0.1, -0.05) is 6.07 Å². The molecule has 19 heavy (non-hydrogen) atoms. The third kappa shape index (κ3) is 2.08. The van der Waals surface area contributed by atoms with Gasteiger partial charge in [-0.15, -0.1) is 0 Å². The molecule has 3 aromatic rings. The van der Waals surface area contributed by atoms with Crippen LogP contribution in [-0.4, -0.2) is 15.5 Å². The standard InChI is InChI=1S/C15H13N3O/c1-18-9-7-12-13(5-2-6-14(12)18)17-15(19)11-4-3-8-16-10-11/h2-10H,1H3,(H,17,19). The Labute approximate surface area is 110 Å². The molecule has 2 aromatic heterocycles. The molecule has 3 rings (SSSR count). The summed E-state index contributed by atoms with van der Waals surface area (Å²) in [6, 6.07) is 11.3. The summed E-state index contributed by atoms with van der Waals surface area (Å²) < 4.78 is 2.02. The number of benzene rings is 1. The lowest BCUT2D eigenvalue weighted by Gasteiger charge is -2.07. The van der Waals surface area contributed by atoms with Crippen molar-refractivity contribution in [2.75, 3.05) is 5.32 Å². The molecule has 0 atom stereocenters. The van der Waals surface area contributed by atoms with Gasteiger partial charge in [0, 0.05) is 36.5 Å². The molecule has 0 unspecified atom stereocenters. The van der Waals surface area contributed by atoms with Gasteiger partial charge in [-0.05, 0) is 30.3 Å². The van der Waals surface area contributed by atoms with Gasteiger partial charge in [-0.3, -0.25) is 9.78 Å². The zero-order chi connectivity index (χ0) is 13.2. The number of carbonyl (C=O) groups is 1. The van der Waals surface area contributed by atoms with Gasteiger partial charge in [0.25, 0.3) is 5.91 Å². The Hall–Kier alpha value is -2.62. The van der Waals surface area contributed by atoms with Crippen molar-refractivity contribution in [3.63, 3.8) is 0 Å². The molecule has 0 aliphatic carbocycles. The van der Waals surface area contributed by atoms with Crippen molar-refractivity contribution in [2.45, 2.75) is 0 Å². The van der Waals surface area contributed by atoms with Gasteiger partial charge in [0.1, 0.15) is 0 Å². The van der Waals surface area contributed by atoms with E-state index in [1.165, 1.54) is 0 Å². The third-order valence-corrected chi connectivity index (χ3v) is 3.10. The number of fused-ring (bicyclic) bond motifs is 1. The Morgan fingerprint density at radius 1 is 1.21 bits per heavy atom. The summed E-state index contributed by atoms with van der Waals surface area (Å²) in [6.07, 6.45) is 5.18. The topological polar surface area (TPSA) is 46.9 Å². The van der Waals surface area contributed by atoms with E-state index in [-0.39, 0.29) is 5.91 Å². The van der Waals surface area contributed by atoms with Gasteiger partial charge >= 0.3 is 0 Å². The number of carbonyl (C=O) groups excluding carboxylic acids is 1. The van der Waals surface area contributed by atoms with Crippen LogP contribution in [0.1, 0.15) is 10.4 Å². The average molecular weight is 251 g/mol. The van der Waals surface area contributed by atoms with E-state index >= 15 is 0 Å². The Balaban J connectivity index is 1.96. The molecular formula is C15H13N3O. The fourth-order valence-corrected chi connectivity index (χ4v) is 2.10. The lowest BCUT2D eigenvalue weighted by molar-refractivity contribution is 0.102. The smallest absolute Gasteiger partial charge is 0.257 e. The van der Waals surface area contributed by atoms with Crippen LogP contribution in [0.3, 0.4) is 0 Å². The van der Waals surface area contributed by atoms with E-state index in [0.717, 1.165) is 16.6 Å². The maximum absolute atomic E-state index is 12.1. The molecule has 4 heteroatoms. The summed E-state index contributed by atoms with van der Waals surface area (Å²) in [5.74, 6) is -0.149. The first-order valence-electron chi connectivity index (χ1n) is 6.01. The summed E-state index contributed by atoms with van der Waals surface area (Å²) in [5, 5.41) is 3.95. The highest BCUT2D eigenvalue weighted by Crippen LogP contribution is 2.24. The molecule has 0 saturated carbocycles. The van der Waals surface area contributed by atoms with Crippen LogP contribution in [0.25, 0.3) is 10.9 Å². The summed E-state index contributed by atoms with van der Waals surface area (Å²) in [4.78, 5) is 16.1. The predicted molar refractivity (Wildman–Crippen MR) is 75.1 cm³/mol. The van der Waals surface area contributed by atoms with E-state index in [4.69, 9.17) is 0 Å². The second-order valence-corrected chi connectivity index (χ2v) is 4.36. The van der Waals surface area contributed by atoms with E-state index < -0.39 is 0 Å². The monoisotopic (exact) mass is 251 g/mol. The van der Waals surface area contributed by atoms with Crippen LogP contribution in [-0.2, 0) is 7.05 Å². The molecule has 1 amide bonds. The minimum absolute atomic E-state index is 0.149. The molecule has 0 spiro atoms. The summed E-state index contributed by atoms with van der Waals surface area (Å²) in [7, 11) is 1.98.